The number of fused-ring (bicyclic) bond motifs is 1. The van der Waals surface area contributed by atoms with E-state index in [1.165, 1.54) is 0 Å². The average molecular weight is 246 g/mol. The Balaban J connectivity index is 2.58. The van der Waals surface area contributed by atoms with E-state index in [0.717, 1.165) is 5.56 Å². The second kappa shape index (κ2) is 4.12. The van der Waals surface area contributed by atoms with E-state index in [9.17, 15) is 9.59 Å². The molecule has 1 aliphatic heterocycles. The lowest BCUT2D eigenvalue weighted by Crippen LogP contribution is -2.47. The minimum Gasteiger partial charge on any atom is -0.324 e. The fraction of sp³-hybridized carbons (Fsp3) is 0.429. The summed E-state index contributed by atoms with van der Waals surface area (Å²) >= 11 is 0. The van der Waals surface area contributed by atoms with Crippen molar-refractivity contribution in [1.82, 2.24) is 4.90 Å². The maximum Gasteiger partial charge on any atom is 0.257 e. The molecule has 1 aromatic carbocycles. The van der Waals surface area contributed by atoms with Crippen LogP contribution in [0.15, 0.2) is 18.2 Å². The maximum atomic E-state index is 12.6. The SMILES string of the molecule is Cc1cccc2c1C(=O)N(C(C)(C)C)CC(=O)N2. The van der Waals surface area contributed by atoms with Gasteiger partial charge in [-0.05, 0) is 39.3 Å². The lowest BCUT2D eigenvalue weighted by molar-refractivity contribution is -0.117. The van der Waals surface area contributed by atoms with E-state index in [-0.39, 0.29) is 23.9 Å². The van der Waals surface area contributed by atoms with Gasteiger partial charge in [0.25, 0.3) is 5.91 Å². The second-order valence-corrected chi connectivity index (χ2v) is 5.61. The quantitative estimate of drug-likeness (QED) is 0.762. The van der Waals surface area contributed by atoms with E-state index < -0.39 is 0 Å². The summed E-state index contributed by atoms with van der Waals surface area (Å²) < 4.78 is 0. The number of anilines is 1. The van der Waals surface area contributed by atoms with Crippen molar-refractivity contribution in [2.75, 3.05) is 11.9 Å². The fourth-order valence-corrected chi connectivity index (χ4v) is 2.14. The number of carbonyl (C=O) groups is 2. The normalized spacial score (nSPS) is 16.1. The highest BCUT2D eigenvalue weighted by molar-refractivity contribution is 6.09. The highest BCUT2D eigenvalue weighted by Gasteiger charge is 2.33. The molecule has 4 heteroatoms. The first-order chi connectivity index (χ1) is 8.30. The number of hydrogen-bond donors (Lipinski definition) is 1. The predicted molar refractivity (Wildman–Crippen MR) is 70.6 cm³/mol. The highest BCUT2D eigenvalue weighted by atomic mass is 16.2. The van der Waals surface area contributed by atoms with Gasteiger partial charge in [0.1, 0.15) is 6.54 Å². The summed E-state index contributed by atoms with van der Waals surface area (Å²) in [4.78, 5) is 26.1. The molecule has 2 amide bonds. The number of nitrogens with one attached hydrogen (secondary N) is 1. The number of amides is 2. The van der Waals surface area contributed by atoms with Gasteiger partial charge in [0.05, 0.1) is 11.3 Å². The number of nitrogens with zero attached hydrogens (tertiary/aromatic N) is 1. The maximum absolute atomic E-state index is 12.6. The van der Waals surface area contributed by atoms with Crippen LogP contribution in [0.25, 0.3) is 0 Å². The smallest absolute Gasteiger partial charge is 0.257 e. The summed E-state index contributed by atoms with van der Waals surface area (Å²) in [6, 6.07) is 5.49. The summed E-state index contributed by atoms with van der Waals surface area (Å²) in [5.74, 6) is -0.239. The monoisotopic (exact) mass is 246 g/mol. The molecule has 4 nitrogen and oxygen atoms in total. The van der Waals surface area contributed by atoms with E-state index in [4.69, 9.17) is 0 Å². The van der Waals surface area contributed by atoms with Crippen molar-refractivity contribution in [3.63, 3.8) is 0 Å². The number of benzene rings is 1. The van der Waals surface area contributed by atoms with Crippen LogP contribution >= 0.6 is 0 Å². The van der Waals surface area contributed by atoms with Crippen LogP contribution in [-0.4, -0.2) is 28.8 Å². The lowest BCUT2D eigenvalue weighted by atomic mass is 10.0. The molecule has 1 N–H and O–H groups in total. The summed E-state index contributed by atoms with van der Waals surface area (Å²) in [5, 5.41) is 2.79. The molecule has 0 fully saturated rings. The van der Waals surface area contributed by atoms with Crippen LogP contribution < -0.4 is 5.32 Å². The zero-order valence-corrected chi connectivity index (χ0v) is 11.2. The van der Waals surface area contributed by atoms with E-state index in [2.05, 4.69) is 5.32 Å². The Hall–Kier alpha value is -1.84. The van der Waals surface area contributed by atoms with E-state index >= 15 is 0 Å². The molecule has 1 heterocycles. The van der Waals surface area contributed by atoms with Crippen LogP contribution in [0.5, 0.6) is 0 Å². The number of rotatable bonds is 0. The van der Waals surface area contributed by atoms with Crippen LogP contribution in [0.4, 0.5) is 5.69 Å². The van der Waals surface area contributed by atoms with Gasteiger partial charge in [0.15, 0.2) is 0 Å². The van der Waals surface area contributed by atoms with Crippen LogP contribution in [0.1, 0.15) is 36.7 Å². The molecule has 0 radical (unpaired) electrons. The first-order valence-corrected chi connectivity index (χ1v) is 6.02. The molecule has 0 aliphatic carbocycles. The summed E-state index contributed by atoms with van der Waals surface area (Å²) in [5.41, 5.74) is 1.71. The first-order valence-electron chi connectivity index (χ1n) is 6.02. The average Bonchev–Trinajstić information content (AvgIpc) is 2.36. The third kappa shape index (κ3) is 2.10. The van der Waals surface area contributed by atoms with E-state index in [1.807, 2.05) is 39.8 Å². The molecular formula is C14H18N2O2. The molecule has 18 heavy (non-hydrogen) atoms. The van der Waals surface area contributed by atoms with Gasteiger partial charge in [-0.2, -0.15) is 0 Å². The van der Waals surface area contributed by atoms with Crippen molar-refractivity contribution in [2.45, 2.75) is 33.2 Å². The van der Waals surface area contributed by atoms with Gasteiger partial charge in [-0.25, -0.2) is 0 Å². The lowest BCUT2D eigenvalue weighted by Gasteiger charge is -2.34. The van der Waals surface area contributed by atoms with Crippen molar-refractivity contribution >= 4 is 17.5 Å². The van der Waals surface area contributed by atoms with Crippen LogP contribution in [0.2, 0.25) is 0 Å². The van der Waals surface area contributed by atoms with Gasteiger partial charge in [-0.3, -0.25) is 9.59 Å². The Labute approximate surface area is 107 Å². The Morgan fingerprint density at radius 3 is 2.50 bits per heavy atom. The molecule has 0 bridgehead atoms. The first kappa shape index (κ1) is 12.6. The molecule has 2 rings (SSSR count). The molecule has 0 saturated carbocycles. The van der Waals surface area contributed by atoms with Crippen molar-refractivity contribution in [3.8, 4) is 0 Å². The Morgan fingerprint density at radius 2 is 1.89 bits per heavy atom. The zero-order chi connectivity index (χ0) is 13.5. The van der Waals surface area contributed by atoms with Gasteiger partial charge in [0.2, 0.25) is 5.91 Å². The summed E-state index contributed by atoms with van der Waals surface area (Å²) in [6.45, 7) is 7.77. The van der Waals surface area contributed by atoms with Crippen molar-refractivity contribution in [2.24, 2.45) is 0 Å². The summed E-state index contributed by atoms with van der Waals surface area (Å²) in [6.07, 6.45) is 0. The minimum atomic E-state index is -0.377. The zero-order valence-electron chi connectivity index (χ0n) is 11.2. The van der Waals surface area contributed by atoms with Gasteiger partial charge in [0, 0.05) is 5.54 Å². The topological polar surface area (TPSA) is 49.4 Å². The van der Waals surface area contributed by atoms with Crippen molar-refractivity contribution in [1.29, 1.82) is 0 Å². The largest absolute Gasteiger partial charge is 0.324 e. The molecule has 1 aromatic rings. The predicted octanol–water partition coefficient (Wildman–Crippen LogP) is 2.19. The van der Waals surface area contributed by atoms with Crippen molar-refractivity contribution < 1.29 is 9.59 Å². The van der Waals surface area contributed by atoms with Crippen LogP contribution in [0, 0.1) is 6.92 Å². The number of carbonyl (C=O) groups excluding carboxylic acids is 2. The molecule has 0 atom stereocenters. The Bertz CT molecular complexity index is 515. The Morgan fingerprint density at radius 1 is 1.22 bits per heavy atom. The van der Waals surface area contributed by atoms with Crippen molar-refractivity contribution in [3.05, 3.63) is 29.3 Å². The number of hydrogen-bond acceptors (Lipinski definition) is 2. The van der Waals surface area contributed by atoms with E-state index in [1.54, 1.807) is 11.0 Å². The second-order valence-electron chi connectivity index (χ2n) is 5.61. The minimum absolute atomic E-state index is 0.0889. The standard InChI is InChI=1S/C14H18N2O2/c1-9-6-5-7-10-12(9)13(18)16(14(2,3)4)8-11(17)15-10/h5-7H,8H2,1-4H3,(H,15,17). The molecule has 96 valence electrons. The van der Waals surface area contributed by atoms with Gasteiger partial charge in [-0.15, -0.1) is 0 Å². The molecule has 0 aromatic heterocycles. The van der Waals surface area contributed by atoms with Gasteiger partial charge >= 0.3 is 0 Å². The number of aryl methyl sites for hydroxylation is 1. The molecule has 0 spiro atoms. The van der Waals surface area contributed by atoms with Crippen LogP contribution in [-0.2, 0) is 4.79 Å². The molecular weight excluding hydrogens is 228 g/mol. The third-order valence-electron chi connectivity index (χ3n) is 3.12. The highest BCUT2D eigenvalue weighted by Crippen LogP contribution is 2.27. The van der Waals surface area contributed by atoms with Gasteiger partial charge in [-0.1, -0.05) is 12.1 Å². The molecule has 0 saturated heterocycles. The van der Waals surface area contributed by atoms with Gasteiger partial charge < -0.3 is 10.2 Å². The fourth-order valence-electron chi connectivity index (χ4n) is 2.14. The summed E-state index contributed by atoms with van der Waals surface area (Å²) in [7, 11) is 0. The molecule has 0 unspecified atom stereocenters. The third-order valence-corrected chi connectivity index (χ3v) is 3.12. The van der Waals surface area contributed by atoms with E-state index in [0.29, 0.717) is 11.3 Å². The molecule has 1 aliphatic rings. The Kier molecular flexibility index (Phi) is 2.89. The van der Waals surface area contributed by atoms with Crippen LogP contribution in [0.3, 0.4) is 0 Å².